The number of ether oxygens (including phenoxy) is 1. The number of nitrogens with zero attached hydrogens (tertiary/aromatic N) is 4. The standard InChI is InChI=1S/C18H23ClN4O2/c1-13-18(19)14(2)23(20-13)12-17(24)22-10-8-21(9-11-22)15-6-4-5-7-16(15)25-3/h4-7H,8-12H2,1-3H3. The Balaban J connectivity index is 1.62. The van der Waals surface area contributed by atoms with E-state index >= 15 is 0 Å². The van der Waals surface area contributed by atoms with Gasteiger partial charge in [0.2, 0.25) is 5.91 Å². The summed E-state index contributed by atoms with van der Waals surface area (Å²) < 4.78 is 7.12. The molecular weight excluding hydrogens is 340 g/mol. The third kappa shape index (κ3) is 3.58. The van der Waals surface area contributed by atoms with Crippen LogP contribution in [0.15, 0.2) is 24.3 Å². The van der Waals surface area contributed by atoms with E-state index in [1.165, 1.54) is 0 Å². The molecule has 6 nitrogen and oxygen atoms in total. The summed E-state index contributed by atoms with van der Waals surface area (Å²) >= 11 is 6.16. The summed E-state index contributed by atoms with van der Waals surface area (Å²) in [5, 5.41) is 4.97. The van der Waals surface area contributed by atoms with Crippen molar-refractivity contribution in [2.24, 2.45) is 0 Å². The van der Waals surface area contributed by atoms with Gasteiger partial charge >= 0.3 is 0 Å². The van der Waals surface area contributed by atoms with Crippen molar-refractivity contribution in [2.75, 3.05) is 38.2 Å². The normalized spacial score (nSPS) is 14.7. The van der Waals surface area contributed by atoms with Gasteiger partial charge in [-0.15, -0.1) is 0 Å². The summed E-state index contributed by atoms with van der Waals surface area (Å²) in [7, 11) is 1.68. The van der Waals surface area contributed by atoms with E-state index in [-0.39, 0.29) is 12.5 Å². The molecule has 2 heterocycles. The quantitative estimate of drug-likeness (QED) is 0.838. The predicted molar refractivity (Wildman–Crippen MR) is 98.5 cm³/mol. The van der Waals surface area contributed by atoms with Crippen LogP contribution >= 0.6 is 11.6 Å². The Morgan fingerprint density at radius 3 is 2.48 bits per heavy atom. The van der Waals surface area contributed by atoms with Crippen molar-refractivity contribution in [2.45, 2.75) is 20.4 Å². The fourth-order valence-corrected chi connectivity index (χ4v) is 3.28. The lowest BCUT2D eigenvalue weighted by molar-refractivity contribution is -0.132. The third-order valence-corrected chi connectivity index (χ3v) is 5.18. The summed E-state index contributed by atoms with van der Waals surface area (Å²) in [6.07, 6.45) is 0. The predicted octanol–water partition coefficient (Wildman–Crippen LogP) is 2.51. The highest BCUT2D eigenvalue weighted by molar-refractivity contribution is 6.31. The molecule has 2 aromatic rings. The molecule has 0 radical (unpaired) electrons. The lowest BCUT2D eigenvalue weighted by atomic mass is 10.2. The average molecular weight is 363 g/mol. The molecular formula is C18H23ClN4O2. The van der Waals surface area contributed by atoms with Crippen LogP contribution < -0.4 is 9.64 Å². The van der Waals surface area contributed by atoms with E-state index in [2.05, 4.69) is 10.00 Å². The van der Waals surface area contributed by atoms with Crippen LogP contribution in [0.5, 0.6) is 5.75 Å². The fourth-order valence-electron chi connectivity index (χ4n) is 3.14. The third-order valence-electron chi connectivity index (χ3n) is 4.64. The van der Waals surface area contributed by atoms with Crippen LogP contribution in [0, 0.1) is 13.8 Å². The van der Waals surface area contributed by atoms with Crippen LogP contribution in [0.1, 0.15) is 11.4 Å². The van der Waals surface area contributed by atoms with Gasteiger partial charge in [-0.2, -0.15) is 5.10 Å². The highest BCUT2D eigenvalue weighted by Crippen LogP contribution is 2.28. The lowest BCUT2D eigenvalue weighted by Crippen LogP contribution is -2.49. The summed E-state index contributed by atoms with van der Waals surface area (Å²) in [6.45, 7) is 6.90. The van der Waals surface area contributed by atoms with E-state index < -0.39 is 0 Å². The number of benzene rings is 1. The number of aromatic nitrogens is 2. The number of hydrogen-bond acceptors (Lipinski definition) is 4. The van der Waals surface area contributed by atoms with E-state index in [0.717, 1.165) is 35.9 Å². The Morgan fingerprint density at radius 2 is 1.88 bits per heavy atom. The van der Waals surface area contributed by atoms with Crippen LogP contribution in [-0.2, 0) is 11.3 Å². The van der Waals surface area contributed by atoms with E-state index in [1.807, 2.05) is 43.0 Å². The van der Waals surface area contributed by atoms with E-state index in [0.29, 0.717) is 18.1 Å². The SMILES string of the molecule is COc1ccccc1N1CCN(C(=O)Cn2nc(C)c(Cl)c2C)CC1. The second kappa shape index (κ2) is 7.35. The zero-order valence-electron chi connectivity index (χ0n) is 14.8. The maximum absolute atomic E-state index is 12.6. The monoisotopic (exact) mass is 362 g/mol. The fraction of sp³-hybridized carbons (Fsp3) is 0.444. The summed E-state index contributed by atoms with van der Waals surface area (Å²) in [6, 6.07) is 7.97. The van der Waals surface area contributed by atoms with Crippen LogP contribution in [0.25, 0.3) is 0 Å². The summed E-state index contributed by atoms with van der Waals surface area (Å²) in [5.41, 5.74) is 2.66. The number of piperazine rings is 1. The second-order valence-corrected chi connectivity index (χ2v) is 6.56. The van der Waals surface area contributed by atoms with E-state index in [4.69, 9.17) is 16.3 Å². The van der Waals surface area contributed by atoms with Crippen LogP contribution in [0.4, 0.5) is 5.69 Å². The zero-order valence-corrected chi connectivity index (χ0v) is 15.6. The van der Waals surface area contributed by atoms with Crippen LogP contribution in [0.3, 0.4) is 0 Å². The molecule has 25 heavy (non-hydrogen) atoms. The van der Waals surface area contributed by atoms with Crippen molar-refractivity contribution >= 4 is 23.2 Å². The number of carbonyl (C=O) groups is 1. The topological polar surface area (TPSA) is 50.6 Å². The summed E-state index contributed by atoms with van der Waals surface area (Å²) in [5.74, 6) is 0.932. The Kier molecular flexibility index (Phi) is 5.18. The van der Waals surface area contributed by atoms with Gasteiger partial charge in [-0.25, -0.2) is 0 Å². The highest BCUT2D eigenvalue weighted by atomic mass is 35.5. The molecule has 0 unspecified atom stereocenters. The zero-order chi connectivity index (χ0) is 18.0. The van der Waals surface area contributed by atoms with E-state index in [9.17, 15) is 4.79 Å². The van der Waals surface area contributed by atoms with Gasteiger partial charge in [-0.1, -0.05) is 23.7 Å². The van der Waals surface area contributed by atoms with Gasteiger partial charge < -0.3 is 14.5 Å². The molecule has 1 aromatic carbocycles. The van der Waals surface area contributed by atoms with Crippen LogP contribution in [-0.4, -0.2) is 53.9 Å². The van der Waals surface area contributed by atoms with Crippen molar-refractivity contribution in [1.29, 1.82) is 0 Å². The molecule has 1 aliphatic heterocycles. The molecule has 134 valence electrons. The first-order valence-electron chi connectivity index (χ1n) is 8.36. The Labute approximate surface area is 152 Å². The van der Waals surface area contributed by atoms with E-state index in [1.54, 1.807) is 11.8 Å². The molecule has 0 N–H and O–H groups in total. The van der Waals surface area contributed by atoms with Gasteiger partial charge in [0, 0.05) is 26.2 Å². The molecule has 0 bridgehead atoms. The van der Waals surface area contributed by atoms with Gasteiger partial charge in [0.25, 0.3) is 0 Å². The van der Waals surface area contributed by atoms with Crippen molar-refractivity contribution in [3.63, 3.8) is 0 Å². The second-order valence-electron chi connectivity index (χ2n) is 6.18. The van der Waals surface area contributed by atoms with Gasteiger partial charge in [-0.05, 0) is 26.0 Å². The number of rotatable bonds is 4. The van der Waals surface area contributed by atoms with Gasteiger partial charge in [-0.3, -0.25) is 9.48 Å². The van der Waals surface area contributed by atoms with Crippen LogP contribution in [0.2, 0.25) is 5.02 Å². The first-order valence-corrected chi connectivity index (χ1v) is 8.74. The number of amides is 1. The molecule has 0 aliphatic carbocycles. The minimum atomic E-state index is 0.0712. The first kappa shape index (κ1) is 17.6. The number of methoxy groups -OCH3 is 1. The smallest absolute Gasteiger partial charge is 0.244 e. The molecule has 7 heteroatoms. The van der Waals surface area contributed by atoms with Crippen molar-refractivity contribution in [1.82, 2.24) is 14.7 Å². The number of anilines is 1. The Hall–Kier alpha value is -2.21. The van der Waals surface area contributed by atoms with Crippen molar-refractivity contribution in [3.8, 4) is 5.75 Å². The van der Waals surface area contributed by atoms with Gasteiger partial charge in [0.1, 0.15) is 12.3 Å². The number of halogens is 1. The number of para-hydroxylation sites is 2. The molecule has 0 saturated carbocycles. The van der Waals surface area contributed by atoms with Gasteiger partial charge in [0.05, 0.1) is 29.2 Å². The molecule has 1 aliphatic rings. The van der Waals surface area contributed by atoms with Crippen molar-refractivity contribution in [3.05, 3.63) is 40.7 Å². The first-order chi connectivity index (χ1) is 12.0. The molecule has 1 saturated heterocycles. The molecule has 1 fully saturated rings. The average Bonchev–Trinajstić information content (AvgIpc) is 2.88. The maximum atomic E-state index is 12.6. The van der Waals surface area contributed by atoms with Gasteiger partial charge in [0.15, 0.2) is 0 Å². The minimum Gasteiger partial charge on any atom is -0.495 e. The number of aryl methyl sites for hydroxylation is 1. The molecule has 1 aromatic heterocycles. The molecule has 3 rings (SSSR count). The van der Waals surface area contributed by atoms with Crippen molar-refractivity contribution < 1.29 is 9.53 Å². The minimum absolute atomic E-state index is 0.0712. The summed E-state index contributed by atoms with van der Waals surface area (Å²) in [4.78, 5) is 16.7. The Morgan fingerprint density at radius 1 is 1.20 bits per heavy atom. The number of hydrogen-bond donors (Lipinski definition) is 0. The molecule has 1 amide bonds. The maximum Gasteiger partial charge on any atom is 0.244 e. The molecule has 0 atom stereocenters. The lowest BCUT2D eigenvalue weighted by Gasteiger charge is -2.36. The highest BCUT2D eigenvalue weighted by Gasteiger charge is 2.24. The largest absolute Gasteiger partial charge is 0.495 e. The number of carbonyl (C=O) groups excluding carboxylic acids is 1. The Bertz CT molecular complexity index is 766. The molecule has 0 spiro atoms.